The molecule has 0 spiro atoms. The van der Waals surface area contributed by atoms with Gasteiger partial charge in [-0.25, -0.2) is 4.98 Å². The molecule has 3 aromatic heterocycles. The van der Waals surface area contributed by atoms with Gasteiger partial charge in [-0.05, 0) is 26.0 Å². The smallest absolute Gasteiger partial charge is 0.326 e. The molecule has 10 heteroatoms. The number of hydrogen-bond donors (Lipinski definition) is 1. The molecule has 0 aliphatic rings. The van der Waals surface area contributed by atoms with Crippen molar-refractivity contribution in [3.05, 3.63) is 52.7 Å². The summed E-state index contributed by atoms with van der Waals surface area (Å²) < 4.78 is 16.6. The summed E-state index contributed by atoms with van der Waals surface area (Å²) in [5.41, 5.74) is 1.08. The minimum atomic E-state index is -1.11. The number of amides is 1. The van der Waals surface area contributed by atoms with Gasteiger partial charge >= 0.3 is 5.97 Å². The Balaban J connectivity index is 1.47. The number of fused-ring (bicyclic) bond motifs is 3. The quantitative estimate of drug-likeness (QED) is 0.507. The minimum Gasteiger partial charge on any atom is -0.451 e. The third kappa shape index (κ3) is 3.59. The topological polar surface area (TPSA) is 129 Å². The first-order chi connectivity index (χ1) is 13.9. The van der Waals surface area contributed by atoms with E-state index in [1.54, 1.807) is 25.1 Å². The van der Waals surface area contributed by atoms with Crippen molar-refractivity contribution in [1.29, 1.82) is 0 Å². The summed E-state index contributed by atoms with van der Waals surface area (Å²) in [5.74, 6) is -1.22. The average molecular weight is 396 g/mol. The number of hydrogen-bond acceptors (Lipinski definition) is 8. The molecule has 0 aliphatic heterocycles. The first kappa shape index (κ1) is 18.4. The maximum absolute atomic E-state index is 12.6. The van der Waals surface area contributed by atoms with Crippen LogP contribution in [0.4, 0.5) is 5.88 Å². The highest BCUT2D eigenvalue weighted by Crippen LogP contribution is 2.24. The van der Waals surface area contributed by atoms with Gasteiger partial charge in [0, 0.05) is 11.5 Å². The molecule has 4 rings (SSSR count). The van der Waals surface area contributed by atoms with Crippen LogP contribution in [0.5, 0.6) is 0 Å². The van der Waals surface area contributed by atoms with E-state index in [1.807, 2.05) is 6.07 Å². The highest BCUT2D eigenvalue weighted by atomic mass is 16.5. The van der Waals surface area contributed by atoms with Gasteiger partial charge in [-0.3, -0.25) is 24.3 Å². The van der Waals surface area contributed by atoms with Crippen LogP contribution in [0.25, 0.3) is 22.1 Å². The van der Waals surface area contributed by atoms with E-state index in [0.717, 1.165) is 4.57 Å². The molecule has 1 amide bonds. The third-order valence-electron chi connectivity index (χ3n) is 4.20. The molecule has 148 valence electrons. The van der Waals surface area contributed by atoms with Crippen LogP contribution in [0.2, 0.25) is 0 Å². The highest BCUT2D eigenvalue weighted by molar-refractivity contribution is 6.01. The zero-order valence-electron chi connectivity index (χ0n) is 15.5. The van der Waals surface area contributed by atoms with Crippen molar-refractivity contribution in [2.75, 3.05) is 5.32 Å². The van der Waals surface area contributed by atoms with Crippen molar-refractivity contribution in [3.8, 4) is 0 Å². The molecule has 0 fully saturated rings. The molecular weight excluding hydrogens is 380 g/mol. The lowest BCUT2D eigenvalue weighted by atomic mass is 10.2. The molecular formula is C19H16N4O6. The second-order valence-electron chi connectivity index (χ2n) is 6.41. The number of carbonyl (C=O) groups is 2. The minimum absolute atomic E-state index is 0.0491. The lowest BCUT2D eigenvalue weighted by Crippen LogP contribution is -2.33. The van der Waals surface area contributed by atoms with E-state index in [1.165, 1.54) is 19.3 Å². The van der Waals surface area contributed by atoms with Crippen LogP contribution in [0.3, 0.4) is 0 Å². The van der Waals surface area contributed by atoms with Gasteiger partial charge in [0.05, 0.1) is 12.0 Å². The summed E-state index contributed by atoms with van der Waals surface area (Å²) in [4.78, 5) is 41.1. The number of aryl methyl sites for hydroxylation is 1. The fraction of sp³-hybridized carbons (Fsp3) is 0.211. The number of benzene rings is 1. The Labute approximate surface area is 163 Å². The van der Waals surface area contributed by atoms with Gasteiger partial charge in [0.25, 0.3) is 11.5 Å². The molecule has 4 aromatic rings. The van der Waals surface area contributed by atoms with Crippen molar-refractivity contribution in [2.45, 2.75) is 26.5 Å². The van der Waals surface area contributed by atoms with Crippen LogP contribution in [0, 0.1) is 6.92 Å². The van der Waals surface area contributed by atoms with E-state index in [9.17, 15) is 14.4 Å². The van der Waals surface area contributed by atoms with Gasteiger partial charge < -0.3 is 13.7 Å². The Bertz CT molecular complexity index is 1280. The van der Waals surface area contributed by atoms with Crippen molar-refractivity contribution in [2.24, 2.45) is 0 Å². The van der Waals surface area contributed by atoms with Crippen molar-refractivity contribution in [1.82, 2.24) is 14.7 Å². The molecule has 0 saturated heterocycles. The summed E-state index contributed by atoms with van der Waals surface area (Å²) in [6, 6.07) is 8.65. The number of carbonyl (C=O) groups excluding carboxylic acids is 2. The standard InChI is InChI=1S/C19H16N4O6/c1-10-7-14(29-22-10)21-18(25)11(2)27-15(24)8-23-9-20-16-12-5-3-4-6-13(12)28-17(16)19(23)26/h3-7,9,11H,8H2,1-2H3,(H,21,25). The molecule has 10 nitrogen and oxygen atoms in total. The largest absolute Gasteiger partial charge is 0.451 e. The maximum atomic E-state index is 12.6. The van der Waals surface area contributed by atoms with Gasteiger partial charge in [-0.1, -0.05) is 17.3 Å². The van der Waals surface area contributed by atoms with E-state index in [4.69, 9.17) is 13.7 Å². The Hall–Kier alpha value is -3.95. The lowest BCUT2D eigenvalue weighted by molar-refractivity contribution is -0.153. The number of nitrogens with one attached hydrogen (secondary N) is 1. The molecule has 0 bridgehead atoms. The fourth-order valence-corrected chi connectivity index (χ4v) is 2.80. The van der Waals surface area contributed by atoms with Crippen molar-refractivity contribution >= 4 is 39.8 Å². The molecule has 1 N–H and O–H groups in total. The molecule has 0 radical (unpaired) electrons. The Morgan fingerprint density at radius 1 is 1.31 bits per heavy atom. The van der Waals surface area contributed by atoms with E-state index >= 15 is 0 Å². The fourth-order valence-electron chi connectivity index (χ4n) is 2.80. The molecule has 0 aliphatic carbocycles. The van der Waals surface area contributed by atoms with E-state index in [2.05, 4.69) is 15.5 Å². The van der Waals surface area contributed by atoms with Crippen LogP contribution < -0.4 is 10.9 Å². The summed E-state index contributed by atoms with van der Waals surface area (Å²) in [6.07, 6.45) is 0.141. The molecule has 1 unspecified atom stereocenters. The van der Waals surface area contributed by atoms with E-state index in [-0.39, 0.29) is 11.5 Å². The Kier molecular flexibility index (Phi) is 4.59. The van der Waals surface area contributed by atoms with Gasteiger partial charge in [0.1, 0.15) is 17.6 Å². The van der Waals surface area contributed by atoms with Gasteiger partial charge in [-0.15, -0.1) is 0 Å². The average Bonchev–Trinajstić information content (AvgIpc) is 3.27. The zero-order valence-corrected chi connectivity index (χ0v) is 15.5. The van der Waals surface area contributed by atoms with E-state index in [0.29, 0.717) is 22.2 Å². The molecule has 3 heterocycles. The number of nitrogens with zero attached hydrogens (tertiary/aromatic N) is 3. The SMILES string of the molecule is Cc1cc(NC(=O)C(C)OC(=O)Cn2cnc3c(oc4ccccc43)c2=O)on1. The first-order valence-corrected chi connectivity index (χ1v) is 8.72. The van der Waals surface area contributed by atoms with Gasteiger partial charge in [0.15, 0.2) is 6.10 Å². The van der Waals surface area contributed by atoms with Crippen LogP contribution >= 0.6 is 0 Å². The number of anilines is 1. The predicted octanol–water partition coefficient (Wildman–Crippen LogP) is 2.01. The molecule has 1 atom stereocenters. The number of para-hydroxylation sites is 1. The van der Waals surface area contributed by atoms with Crippen LogP contribution in [-0.2, 0) is 20.9 Å². The summed E-state index contributed by atoms with van der Waals surface area (Å²) in [7, 11) is 0. The van der Waals surface area contributed by atoms with E-state index < -0.39 is 30.1 Å². The molecule has 1 aromatic carbocycles. The monoisotopic (exact) mass is 396 g/mol. The Morgan fingerprint density at radius 3 is 2.86 bits per heavy atom. The number of rotatable bonds is 5. The molecule has 29 heavy (non-hydrogen) atoms. The highest BCUT2D eigenvalue weighted by Gasteiger charge is 2.21. The number of esters is 1. The lowest BCUT2D eigenvalue weighted by Gasteiger charge is -2.12. The first-order valence-electron chi connectivity index (χ1n) is 8.72. The summed E-state index contributed by atoms with van der Waals surface area (Å²) in [5, 5.41) is 6.80. The van der Waals surface area contributed by atoms with Crippen LogP contribution in [0.15, 0.2) is 50.4 Å². The van der Waals surface area contributed by atoms with Crippen LogP contribution in [0.1, 0.15) is 12.6 Å². The second kappa shape index (κ2) is 7.23. The summed E-state index contributed by atoms with van der Waals surface area (Å²) >= 11 is 0. The molecule has 0 saturated carbocycles. The predicted molar refractivity (Wildman–Crippen MR) is 101 cm³/mol. The Morgan fingerprint density at radius 2 is 2.10 bits per heavy atom. The zero-order chi connectivity index (χ0) is 20.5. The maximum Gasteiger partial charge on any atom is 0.326 e. The summed E-state index contributed by atoms with van der Waals surface area (Å²) in [6.45, 7) is 2.69. The number of aromatic nitrogens is 3. The van der Waals surface area contributed by atoms with Crippen molar-refractivity contribution in [3.63, 3.8) is 0 Å². The number of furan rings is 1. The van der Waals surface area contributed by atoms with Gasteiger partial charge in [-0.2, -0.15) is 0 Å². The van der Waals surface area contributed by atoms with Crippen LogP contribution in [-0.4, -0.2) is 32.7 Å². The van der Waals surface area contributed by atoms with Crippen molar-refractivity contribution < 1.29 is 23.3 Å². The van der Waals surface area contributed by atoms with Gasteiger partial charge in [0.2, 0.25) is 11.5 Å². The number of ether oxygens (including phenoxy) is 1. The normalized spacial score (nSPS) is 12.2. The third-order valence-corrected chi connectivity index (χ3v) is 4.20. The second-order valence-corrected chi connectivity index (χ2v) is 6.41.